The summed E-state index contributed by atoms with van der Waals surface area (Å²) in [7, 11) is -3.06. The maximum atomic E-state index is 11.8. The van der Waals surface area contributed by atoms with Gasteiger partial charge in [-0.3, -0.25) is 4.79 Å². The van der Waals surface area contributed by atoms with E-state index in [0.717, 1.165) is 15.0 Å². The van der Waals surface area contributed by atoms with Crippen molar-refractivity contribution in [2.75, 3.05) is 18.1 Å². The average molecular weight is 417 g/mol. The lowest BCUT2D eigenvalue weighted by Gasteiger charge is -2.04. The van der Waals surface area contributed by atoms with Gasteiger partial charge < -0.3 is 5.32 Å². The fourth-order valence-corrected chi connectivity index (χ4v) is 3.78. The molecule has 8 heteroatoms. The standard InChI is InChI=1S/C15H17BrN2O3S2/c1-2-23(20,21)7-6-17-14(19)9-13-10-22-15(18-13)11-4-3-5-12(16)8-11/h3-5,8,10H,2,6-7,9H2,1H3,(H,17,19). The number of thiazole rings is 1. The maximum Gasteiger partial charge on any atom is 0.226 e. The van der Waals surface area contributed by atoms with Gasteiger partial charge in [-0.05, 0) is 12.1 Å². The Balaban J connectivity index is 1.90. The molecule has 0 atom stereocenters. The summed E-state index contributed by atoms with van der Waals surface area (Å²) in [6.07, 6.45) is 0.149. The molecule has 1 aromatic carbocycles. The van der Waals surface area contributed by atoms with Gasteiger partial charge in [-0.25, -0.2) is 13.4 Å². The quantitative estimate of drug-likeness (QED) is 0.752. The molecule has 0 spiro atoms. The summed E-state index contributed by atoms with van der Waals surface area (Å²) in [5.74, 6) is -0.164. The molecule has 0 saturated carbocycles. The van der Waals surface area contributed by atoms with Crippen molar-refractivity contribution in [3.05, 3.63) is 39.8 Å². The Hall–Kier alpha value is -1.25. The molecule has 2 aromatic rings. The second-order valence-electron chi connectivity index (χ2n) is 4.92. The van der Waals surface area contributed by atoms with Crippen LogP contribution >= 0.6 is 27.3 Å². The van der Waals surface area contributed by atoms with Gasteiger partial charge in [0.25, 0.3) is 0 Å². The van der Waals surface area contributed by atoms with Gasteiger partial charge in [0.05, 0.1) is 17.9 Å². The lowest BCUT2D eigenvalue weighted by molar-refractivity contribution is -0.120. The summed E-state index contributed by atoms with van der Waals surface area (Å²) < 4.78 is 23.7. The minimum absolute atomic E-state index is 0.0321. The number of nitrogens with one attached hydrogen (secondary N) is 1. The van der Waals surface area contributed by atoms with Crippen molar-refractivity contribution < 1.29 is 13.2 Å². The highest BCUT2D eigenvalue weighted by Crippen LogP contribution is 2.26. The van der Waals surface area contributed by atoms with E-state index in [-0.39, 0.29) is 30.4 Å². The SMILES string of the molecule is CCS(=O)(=O)CCNC(=O)Cc1csc(-c2cccc(Br)c2)n1. The fraction of sp³-hybridized carbons (Fsp3) is 0.333. The van der Waals surface area contributed by atoms with Crippen molar-refractivity contribution in [2.24, 2.45) is 0 Å². The van der Waals surface area contributed by atoms with E-state index >= 15 is 0 Å². The Morgan fingerprint density at radius 1 is 1.39 bits per heavy atom. The molecule has 1 amide bonds. The maximum absolute atomic E-state index is 11.8. The highest BCUT2D eigenvalue weighted by molar-refractivity contribution is 9.10. The fourth-order valence-electron chi connectivity index (χ4n) is 1.86. The molecule has 1 heterocycles. The zero-order valence-corrected chi connectivity index (χ0v) is 15.8. The molecule has 0 aliphatic heterocycles. The molecule has 5 nitrogen and oxygen atoms in total. The third-order valence-corrected chi connectivity index (χ3v) is 6.28. The van der Waals surface area contributed by atoms with Crippen molar-refractivity contribution in [1.82, 2.24) is 10.3 Å². The van der Waals surface area contributed by atoms with Gasteiger partial charge in [0.1, 0.15) is 5.01 Å². The number of amides is 1. The van der Waals surface area contributed by atoms with Crippen LogP contribution in [-0.2, 0) is 21.1 Å². The number of sulfone groups is 1. The predicted octanol–water partition coefficient (Wildman–Crippen LogP) is 2.67. The minimum Gasteiger partial charge on any atom is -0.355 e. The van der Waals surface area contributed by atoms with E-state index < -0.39 is 9.84 Å². The molecule has 0 unspecified atom stereocenters. The Bertz CT molecular complexity index is 788. The van der Waals surface area contributed by atoms with E-state index in [1.165, 1.54) is 11.3 Å². The van der Waals surface area contributed by atoms with Crippen LogP contribution in [0.4, 0.5) is 0 Å². The van der Waals surface area contributed by atoms with Gasteiger partial charge in [0.15, 0.2) is 9.84 Å². The van der Waals surface area contributed by atoms with Crippen molar-refractivity contribution in [3.8, 4) is 10.6 Å². The summed E-state index contributed by atoms with van der Waals surface area (Å²) >= 11 is 4.90. The molecule has 1 N–H and O–H groups in total. The number of rotatable bonds is 7. The first-order valence-corrected chi connectivity index (χ1v) is 10.6. The average Bonchev–Trinajstić information content (AvgIpc) is 2.95. The van der Waals surface area contributed by atoms with E-state index in [0.29, 0.717) is 5.69 Å². The molecule has 2 rings (SSSR count). The predicted molar refractivity (Wildman–Crippen MR) is 96.3 cm³/mol. The minimum atomic E-state index is -3.06. The molecule has 0 aliphatic carbocycles. The molecule has 23 heavy (non-hydrogen) atoms. The second kappa shape index (κ2) is 8.03. The molecule has 0 fully saturated rings. The van der Waals surface area contributed by atoms with Crippen LogP contribution in [0.5, 0.6) is 0 Å². The summed E-state index contributed by atoms with van der Waals surface area (Å²) in [5, 5.41) is 5.31. The summed E-state index contributed by atoms with van der Waals surface area (Å²) in [6, 6.07) is 7.80. The lowest BCUT2D eigenvalue weighted by Crippen LogP contribution is -2.30. The van der Waals surface area contributed by atoms with Gasteiger partial charge in [0.2, 0.25) is 5.91 Å². The number of carbonyl (C=O) groups is 1. The zero-order chi connectivity index (χ0) is 16.9. The van der Waals surface area contributed by atoms with Crippen molar-refractivity contribution in [3.63, 3.8) is 0 Å². The van der Waals surface area contributed by atoms with Crippen LogP contribution in [0.15, 0.2) is 34.1 Å². The number of nitrogens with zero attached hydrogens (tertiary/aromatic N) is 1. The Kier molecular flexibility index (Phi) is 6.32. The number of aromatic nitrogens is 1. The molecular formula is C15H17BrN2O3S2. The van der Waals surface area contributed by atoms with Crippen LogP contribution in [-0.4, -0.2) is 37.4 Å². The van der Waals surface area contributed by atoms with Crippen LogP contribution in [0, 0.1) is 0 Å². The van der Waals surface area contributed by atoms with Crippen LogP contribution in [0.2, 0.25) is 0 Å². The highest BCUT2D eigenvalue weighted by atomic mass is 79.9. The van der Waals surface area contributed by atoms with Gasteiger partial charge >= 0.3 is 0 Å². The molecule has 124 valence electrons. The number of carbonyl (C=O) groups excluding carboxylic acids is 1. The van der Waals surface area contributed by atoms with E-state index in [4.69, 9.17) is 0 Å². The normalized spacial score (nSPS) is 11.4. The molecule has 0 saturated heterocycles. The van der Waals surface area contributed by atoms with Crippen LogP contribution in [0.3, 0.4) is 0 Å². The Morgan fingerprint density at radius 2 is 2.17 bits per heavy atom. The summed E-state index contributed by atoms with van der Waals surface area (Å²) in [4.78, 5) is 16.3. The first kappa shape index (κ1) is 18.1. The first-order chi connectivity index (χ1) is 10.9. The monoisotopic (exact) mass is 416 g/mol. The lowest BCUT2D eigenvalue weighted by atomic mass is 10.2. The molecule has 0 aliphatic rings. The van der Waals surface area contributed by atoms with E-state index in [1.807, 2.05) is 29.6 Å². The molecular weight excluding hydrogens is 400 g/mol. The number of benzene rings is 1. The smallest absolute Gasteiger partial charge is 0.226 e. The van der Waals surface area contributed by atoms with Gasteiger partial charge in [0, 0.05) is 27.7 Å². The van der Waals surface area contributed by atoms with Crippen molar-refractivity contribution >= 4 is 43.0 Å². The van der Waals surface area contributed by atoms with Crippen molar-refractivity contribution in [1.29, 1.82) is 0 Å². The first-order valence-electron chi connectivity index (χ1n) is 7.07. The summed E-state index contributed by atoms with van der Waals surface area (Å²) in [6.45, 7) is 1.73. The number of hydrogen-bond acceptors (Lipinski definition) is 5. The van der Waals surface area contributed by atoms with Gasteiger partial charge in [-0.15, -0.1) is 11.3 Å². The van der Waals surface area contributed by atoms with Gasteiger partial charge in [-0.2, -0.15) is 0 Å². The van der Waals surface area contributed by atoms with E-state index in [9.17, 15) is 13.2 Å². The van der Waals surface area contributed by atoms with Crippen LogP contribution < -0.4 is 5.32 Å². The molecule has 1 aromatic heterocycles. The van der Waals surface area contributed by atoms with Crippen molar-refractivity contribution in [2.45, 2.75) is 13.3 Å². The zero-order valence-electron chi connectivity index (χ0n) is 12.6. The third-order valence-electron chi connectivity index (χ3n) is 3.14. The Labute approximate surface area is 148 Å². The Morgan fingerprint density at radius 3 is 2.87 bits per heavy atom. The van der Waals surface area contributed by atoms with Crippen LogP contribution in [0.25, 0.3) is 10.6 Å². The topological polar surface area (TPSA) is 76.1 Å². The molecule has 0 bridgehead atoms. The van der Waals surface area contributed by atoms with Gasteiger partial charge in [-0.1, -0.05) is 35.0 Å². The second-order valence-corrected chi connectivity index (χ2v) is 9.16. The third kappa shape index (κ3) is 5.71. The van der Waals surface area contributed by atoms with E-state index in [1.54, 1.807) is 6.92 Å². The van der Waals surface area contributed by atoms with E-state index in [2.05, 4.69) is 26.2 Å². The summed E-state index contributed by atoms with van der Waals surface area (Å²) in [5.41, 5.74) is 1.67. The molecule has 0 radical (unpaired) electrons. The largest absolute Gasteiger partial charge is 0.355 e. The van der Waals surface area contributed by atoms with Crippen LogP contribution in [0.1, 0.15) is 12.6 Å². The highest BCUT2D eigenvalue weighted by Gasteiger charge is 2.11. The number of hydrogen-bond donors (Lipinski definition) is 1. The number of halogens is 1.